The summed E-state index contributed by atoms with van der Waals surface area (Å²) in [5, 5.41) is 40.0. The Balaban J connectivity index is 1.58. The lowest BCUT2D eigenvalue weighted by molar-refractivity contribution is -0.325. The lowest BCUT2D eigenvalue weighted by Crippen LogP contribution is -2.62. The summed E-state index contributed by atoms with van der Waals surface area (Å²) in [6.07, 6.45) is -4.91. The van der Waals surface area contributed by atoms with Crippen molar-refractivity contribution in [3.63, 3.8) is 0 Å². The predicted octanol–water partition coefficient (Wildman–Crippen LogP) is 1.27. The Labute approximate surface area is 177 Å². The summed E-state index contributed by atoms with van der Waals surface area (Å²) >= 11 is 0. The standard InChI is InChI=1S/C23H34O7/c1-12-6-5-7-13-20(12)28-11-15-22(2,3)16(8-9-23(13,15)4)30-21-19(27)18(26)17(25)14(10-24)29-21/h5-7,14-19,21,24-27H,8-11H2,1-4H3/t14-,15+,16-,17-,18+,19+,21-,23+/m0/s1. The zero-order valence-corrected chi connectivity index (χ0v) is 18.1. The zero-order chi connectivity index (χ0) is 21.8. The summed E-state index contributed by atoms with van der Waals surface area (Å²) in [6, 6.07) is 6.31. The van der Waals surface area contributed by atoms with Gasteiger partial charge in [-0.15, -0.1) is 0 Å². The van der Waals surface area contributed by atoms with Crippen molar-refractivity contribution in [3.8, 4) is 5.75 Å². The maximum Gasteiger partial charge on any atom is 0.186 e. The van der Waals surface area contributed by atoms with Crippen LogP contribution in [0.25, 0.3) is 0 Å². The van der Waals surface area contributed by atoms with E-state index in [1.54, 1.807) is 0 Å². The Hall–Kier alpha value is -1.22. The van der Waals surface area contributed by atoms with Crippen LogP contribution >= 0.6 is 0 Å². The number of aliphatic hydroxyl groups excluding tert-OH is 4. The third-order valence-electron chi connectivity index (χ3n) is 7.79. The number of benzene rings is 1. The van der Waals surface area contributed by atoms with Gasteiger partial charge in [0.15, 0.2) is 6.29 Å². The molecular formula is C23H34O7. The van der Waals surface area contributed by atoms with Crippen molar-refractivity contribution in [1.82, 2.24) is 0 Å². The van der Waals surface area contributed by atoms with Crippen LogP contribution < -0.4 is 4.74 Å². The van der Waals surface area contributed by atoms with E-state index in [1.165, 1.54) is 5.56 Å². The third kappa shape index (κ3) is 3.27. The number of hydrogen-bond acceptors (Lipinski definition) is 7. The summed E-state index contributed by atoms with van der Waals surface area (Å²) < 4.78 is 18.0. The Bertz CT molecular complexity index is 779. The molecule has 7 heteroatoms. The normalized spacial score (nSPS) is 42.7. The molecule has 0 spiro atoms. The fraction of sp³-hybridized carbons (Fsp3) is 0.739. The number of ether oxygens (including phenoxy) is 3. The largest absolute Gasteiger partial charge is 0.493 e. The van der Waals surface area contributed by atoms with Gasteiger partial charge in [-0.05, 0) is 30.7 Å². The van der Waals surface area contributed by atoms with E-state index in [9.17, 15) is 20.4 Å². The van der Waals surface area contributed by atoms with E-state index >= 15 is 0 Å². The van der Waals surface area contributed by atoms with E-state index in [4.69, 9.17) is 14.2 Å². The summed E-state index contributed by atoms with van der Waals surface area (Å²) in [7, 11) is 0. The van der Waals surface area contributed by atoms with Crippen molar-refractivity contribution in [1.29, 1.82) is 0 Å². The Morgan fingerprint density at radius 1 is 1.10 bits per heavy atom. The fourth-order valence-corrected chi connectivity index (χ4v) is 5.79. The molecule has 2 aliphatic heterocycles. The fourth-order valence-electron chi connectivity index (χ4n) is 5.79. The van der Waals surface area contributed by atoms with E-state index in [2.05, 4.69) is 45.9 Å². The molecule has 1 aliphatic carbocycles. The zero-order valence-electron chi connectivity index (χ0n) is 18.1. The molecule has 3 aliphatic rings. The van der Waals surface area contributed by atoms with E-state index in [1.807, 2.05) is 0 Å². The quantitative estimate of drug-likeness (QED) is 0.581. The van der Waals surface area contributed by atoms with Gasteiger partial charge in [0.1, 0.15) is 30.2 Å². The highest BCUT2D eigenvalue weighted by Gasteiger charge is 2.57. The van der Waals surface area contributed by atoms with Gasteiger partial charge in [-0.25, -0.2) is 0 Å². The minimum atomic E-state index is -1.44. The topological polar surface area (TPSA) is 109 Å². The van der Waals surface area contributed by atoms with Crippen LogP contribution in [-0.2, 0) is 14.9 Å². The van der Waals surface area contributed by atoms with Crippen LogP contribution in [-0.4, -0.2) is 70.4 Å². The van der Waals surface area contributed by atoms with Gasteiger partial charge in [0.05, 0.1) is 19.3 Å². The molecule has 2 fully saturated rings. The molecule has 8 atom stereocenters. The number of fused-ring (bicyclic) bond motifs is 3. The van der Waals surface area contributed by atoms with Crippen molar-refractivity contribution in [2.45, 2.75) is 82.8 Å². The summed E-state index contributed by atoms with van der Waals surface area (Å²) in [4.78, 5) is 0. The molecule has 0 unspecified atom stereocenters. The van der Waals surface area contributed by atoms with Gasteiger partial charge in [0.25, 0.3) is 0 Å². The maximum absolute atomic E-state index is 10.4. The van der Waals surface area contributed by atoms with Gasteiger partial charge in [0.2, 0.25) is 0 Å². The number of aryl methyl sites for hydroxylation is 1. The highest BCUT2D eigenvalue weighted by molar-refractivity contribution is 5.48. The minimum absolute atomic E-state index is 0.0572. The number of aliphatic hydroxyl groups is 4. The summed E-state index contributed by atoms with van der Waals surface area (Å²) in [6.45, 7) is 8.77. The lowest BCUT2D eigenvalue weighted by Gasteiger charge is -2.57. The summed E-state index contributed by atoms with van der Waals surface area (Å²) in [5.74, 6) is 1.17. The van der Waals surface area contributed by atoms with E-state index in [0.29, 0.717) is 6.61 Å². The van der Waals surface area contributed by atoms with Crippen LogP contribution in [0.5, 0.6) is 5.75 Å². The van der Waals surface area contributed by atoms with Crippen LogP contribution in [0.3, 0.4) is 0 Å². The molecule has 7 nitrogen and oxygen atoms in total. The minimum Gasteiger partial charge on any atom is -0.493 e. The second-order valence-corrected chi connectivity index (χ2v) is 9.91. The second kappa shape index (κ2) is 7.73. The molecule has 2 heterocycles. The van der Waals surface area contributed by atoms with E-state index < -0.39 is 37.3 Å². The summed E-state index contributed by atoms with van der Waals surface area (Å²) in [5.41, 5.74) is 2.02. The lowest BCUT2D eigenvalue weighted by atomic mass is 9.52. The SMILES string of the molecule is Cc1cccc2c1OC[C@@H]1C(C)(C)[C@@H](O[C@@H]3O[C@@H](CO)[C@H](O)[C@@H](O)[C@H]3O)CC[C@]21C. The van der Waals surface area contributed by atoms with Crippen LogP contribution in [0.2, 0.25) is 0 Å². The van der Waals surface area contributed by atoms with Crippen LogP contribution in [0.4, 0.5) is 0 Å². The molecule has 0 radical (unpaired) electrons. The Kier molecular flexibility index (Phi) is 5.66. The molecule has 1 aromatic rings. The molecule has 1 saturated heterocycles. The molecule has 0 aromatic heterocycles. The van der Waals surface area contributed by atoms with Gasteiger partial charge in [-0.3, -0.25) is 0 Å². The third-order valence-corrected chi connectivity index (χ3v) is 7.79. The highest BCUT2D eigenvalue weighted by atomic mass is 16.7. The average molecular weight is 423 g/mol. The Morgan fingerprint density at radius 3 is 2.53 bits per heavy atom. The van der Waals surface area contributed by atoms with Crippen molar-refractivity contribution >= 4 is 0 Å². The smallest absolute Gasteiger partial charge is 0.186 e. The first kappa shape index (κ1) is 22.0. The van der Waals surface area contributed by atoms with Crippen molar-refractivity contribution in [3.05, 3.63) is 29.3 Å². The van der Waals surface area contributed by atoms with Crippen LogP contribution in [0, 0.1) is 18.3 Å². The van der Waals surface area contributed by atoms with Gasteiger partial charge in [0, 0.05) is 16.9 Å². The first-order chi connectivity index (χ1) is 14.1. The molecule has 1 aromatic carbocycles. The number of rotatable bonds is 3. The molecule has 30 heavy (non-hydrogen) atoms. The second-order valence-electron chi connectivity index (χ2n) is 9.91. The van der Waals surface area contributed by atoms with Gasteiger partial charge < -0.3 is 34.6 Å². The first-order valence-electron chi connectivity index (χ1n) is 10.8. The molecule has 0 amide bonds. The number of hydrogen-bond donors (Lipinski definition) is 4. The molecule has 4 rings (SSSR count). The Morgan fingerprint density at radius 2 is 1.83 bits per heavy atom. The van der Waals surface area contributed by atoms with Crippen molar-refractivity contribution < 1.29 is 34.6 Å². The first-order valence-corrected chi connectivity index (χ1v) is 10.8. The molecule has 0 bridgehead atoms. The van der Waals surface area contributed by atoms with Crippen LogP contribution in [0.1, 0.15) is 44.7 Å². The van der Waals surface area contributed by atoms with Crippen molar-refractivity contribution in [2.75, 3.05) is 13.2 Å². The predicted molar refractivity (Wildman–Crippen MR) is 109 cm³/mol. The number of para-hydroxylation sites is 1. The van der Waals surface area contributed by atoms with Crippen LogP contribution in [0.15, 0.2) is 18.2 Å². The van der Waals surface area contributed by atoms with Gasteiger partial charge in [-0.2, -0.15) is 0 Å². The average Bonchev–Trinajstić information content (AvgIpc) is 2.70. The highest BCUT2D eigenvalue weighted by Crippen LogP contribution is 2.57. The monoisotopic (exact) mass is 422 g/mol. The molecule has 168 valence electrons. The van der Waals surface area contributed by atoms with E-state index in [-0.39, 0.29) is 22.9 Å². The molecule has 1 saturated carbocycles. The van der Waals surface area contributed by atoms with Gasteiger partial charge >= 0.3 is 0 Å². The maximum atomic E-state index is 10.4. The molecule has 4 N–H and O–H groups in total. The van der Waals surface area contributed by atoms with Crippen molar-refractivity contribution in [2.24, 2.45) is 11.3 Å². The van der Waals surface area contributed by atoms with E-state index in [0.717, 1.165) is 24.2 Å². The molecular weight excluding hydrogens is 388 g/mol. The van der Waals surface area contributed by atoms with Gasteiger partial charge in [-0.1, -0.05) is 39.0 Å².